The maximum atomic E-state index is 13.6. The molecule has 5 rings (SSSR count). The molecular weight excluding hydrogens is 496 g/mol. The Bertz CT molecular complexity index is 1610. The molecule has 1 fully saturated rings. The molecule has 0 bridgehead atoms. The van der Waals surface area contributed by atoms with Crippen LogP contribution in [-0.2, 0) is 11.3 Å². The van der Waals surface area contributed by atoms with E-state index in [1.54, 1.807) is 37.3 Å². The van der Waals surface area contributed by atoms with Gasteiger partial charge in [0.1, 0.15) is 35.0 Å². The first-order valence-corrected chi connectivity index (χ1v) is 12.7. The van der Waals surface area contributed by atoms with E-state index in [9.17, 15) is 14.9 Å². The van der Waals surface area contributed by atoms with Crippen LogP contribution in [0.25, 0.3) is 16.9 Å². The number of hydrogen-bond donors (Lipinski definition) is 3. The molecule has 0 spiro atoms. The molecule has 0 radical (unpaired) electrons. The quantitative estimate of drug-likeness (QED) is 0.235. The van der Waals surface area contributed by atoms with Gasteiger partial charge in [0, 0.05) is 18.6 Å². The summed E-state index contributed by atoms with van der Waals surface area (Å²) in [5.41, 5.74) is 7.10. The number of carbonyl (C=O) groups is 1. The Balaban J connectivity index is 1.41. The second-order valence-corrected chi connectivity index (χ2v) is 9.34. The van der Waals surface area contributed by atoms with Crippen LogP contribution < -0.4 is 26.8 Å². The molecule has 1 saturated heterocycles. The van der Waals surface area contributed by atoms with Crippen LogP contribution in [0, 0.1) is 11.3 Å². The monoisotopic (exact) mass is 524 g/mol. The number of nitrogens with zero attached hydrogens (tertiary/aromatic N) is 5. The van der Waals surface area contributed by atoms with Crippen molar-refractivity contribution in [1.29, 1.82) is 5.26 Å². The van der Waals surface area contributed by atoms with Gasteiger partial charge in [-0.25, -0.2) is 14.8 Å². The van der Waals surface area contributed by atoms with Gasteiger partial charge in [-0.05, 0) is 68.8 Å². The minimum Gasteiger partial charge on any atom is -0.457 e. The van der Waals surface area contributed by atoms with Crippen molar-refractivity contribution >= 4 is 22.9 Å². The summed E-state index contributed by atoms with van der Waals surface area (Å²) in [5, 5.41) is 15.6. The van der Waals surface area contributed by atoms with E-state index in [1.165, 1.54) is 15.5 Å². The first-order chi connectivity index (χ1) is 18.9. The van der Waals surface area contributed by atoms with Gasteiger partial charge in [0.25, 0.3) is 5.91 Å². The average molecular weight is 525 g/mol. The largest absolute Gasteiger partial charge is 0.457 e. The number of nitrogens with two attached hydrogens (primary N) is 1. The smallest absolute Gasteiger partial charge is 0.335 e. The third-order valence-corrected chi connectivity index (χ3v) is 6.47. The number of fused-ring (bicyclic) bond motifs is 1. The number of nitrogens with one attached hydrogen (secondary N) is 2. The molecule has 0 saturated carbocycles. The highest BCUT2D eigenvalue weighted by molar-refractivity contribution is 5.97. The van der Waals surface area contributed by atoms with Crippen molar-refractivity contribution in [3.05, 3.63) is 83.1 Å². The molecule has 2 atom stereocenters. The number of imidazole rings is 1. The van der Waals surface area contributed by atoms with Gasteiger partial charge in [0.2, 0.25) is 0 Å². The van der Waals surface area contributed by atoms with Crippen molar-refractivity contribution in [2.45, 2.75) is 38.4 Å². The van der Waals surface area contributed by atoms with Crippen LogP contribution in [-0.4, -0.2) is 43.6 Å². The SMILES string of the molecule is CC(Cn1c(=O)n(-c2ccc(Oc3ccccc3)cc2)c2c(N)ncnc21)NC(=O)C(C#N)=CC1CCCN1. The number of rotatable bonds is 8. The number of ether oxygens (including phenoxy) is 1. The van der Waals surface area contributed by atoms with Crippen molar-refractivity contribution in [2.24, 2.45) is 0 Å². The normalized spacial score (nSPS) is 16.1. The molecule has 1 aliphatic heterocycles. The summed E-state index contributed by atoms with van der Waals surface area (Å²) in [6.07, 6.45) is 4.83. The van der Waals surface area contributed by atoms with Gasteiger partial charge >= 0.3 is 5.69 Å². The highest BCUT2D eigenvalue weighted by Crippen LogP contribution is 2.25. The predicted molar refractivity (Wildman–Crippen MR) is 146 cm³/mol. The molecule has 1 aliphatic rings. The third-order valence-electron chi connectivity index (χ3n) is 6.47. The molecule has 11 nitrogen and oxygen atoms in total. The van der Waals surface area contributed by atoms with Crippen LogP contribution in [0.15, 0.2) is 77.4 Å². The fraction of sp³-hybridized carbons (Fsp3) is 0.250. The first kappa shape index (κ1) is 25.7. The molecule has 3 heterocycles. The number of carbonyl (C=O) groups excluding carboxylic acids is 1. The summed E-state index contributed by atoms with van der Waals surface area (Å²) >= 11 is 0. The summed E-state index contributed by atoms with van der Waals surface area (Å²) in [6.45, 7) is 2.73. The van der Waals surface area contributed by atoms with E-state index in [0.717, 1.165) is 19.4 Å². The third kappa shape index (κ3) is 5.51. The van der Waals surface area contributed by atoms with Gasteiger partial charge in [-0.2, -0.15) is 5.26 Å². The van der Waals surface area contributed by atoms with E-state index >= 15 is 0 Å². The number of amides is 1. The summed E-state index contributed by atoms with van der Waals surface area (Å²) in [4.78, 5) is 34.8. The fourth-order valence-corrected chi connectivity index (χ4v) is 4.63. The molecule has 2 aromatic carbocycles. The average Bonchev–Trinajstić information content (AvgIpc) is 3.55. The lowest BCUT2D eigenvalue weighted by Crippen LogP contribution is -2.39. The second-order valence-electron chi connectivity index (χ2n) is 9.34. The van der Waals surface area contributed by atoms with E-state index < -0.39 is 11.9 Å². The van der Waals surface area contributed by atoms with E-state index in [2.05, 4.69) is 20.6 Å². The van der Waals surface area contributed by atoms with E-state index in [4.69, 9.17) is 10.5 Å². The highest BCUT2D eigenvalue weighted by Gasteiger charge is 2.22. The Hall–Kier alpha value is -4.95. The maximum absolute atomic E-state index is 13.6. The van der Waals surface area contributed by atoms with Crippen LogP contribution >= 0.6 is 0 Å². The van der Waals surface area contributed by atoms with Crippen LogP contribution in [0.2, 0.25) is 0 Å². The van der Waals surface area contributed by atoms with Gasteiger partial charge in [-0.15, -0.1) is 0 Å². The molecule has 39 heavy (non-hydrogen) atoms. The standard InChI is InChI=1S/C28H28N8O3/c1-18(34-27(37)19(15-29)14-20-6-5-13-31-20)16-35-26-24(25(30)32-17-33-26)36(28(35)38)21-9-11-23(12-10-21)39-22-7-3-2-4-8-22/h2-4,7-12,14,17-18,20,31H,5-6,13,16H2,1H3,(H,34,37)(H2,30,32,33). The van der Waals surface area contributed by atoms with Gasteiger partial charge in [0.15, 0.2) is 11.5 Å². The van der Waals surface area contributed by atoms with Crippen molar-refractivity contribution in [1.82, 2.24) is 29.7 Å². The van der Waals surface area contributed by atoms with Gasteiger partial charge < -0.3 is 21.1 Å². The molecule has 4 aromatic rings. The molecule has 4 N–H and O–H groups in total. The second kappa shape index (κ2) is 11.2. The summed E-state index contributed by atoms with van der Waals surface area (Å²) < 4.78 is 8.75. The zero-order chi connectivity index (χ0) is 27.4. The molecule has 2 unspecified atom stereocenters. The van der Waals surface area contributed by atoms with Crippen LogP contribution in [0.3, 0.4) is 0 Å². The number of aromatic nitrogens is 4. The highest BCUT2D eigenvalue weighted by atomic mass is 16.5. The number of benzene rings is 2. The molecule has 198 valence electrons. The Labute approximate surface area is 224 Å². The minimum atomic E-state index is -0.487. The van der Waals surface area contributed by atoms with E-state index in [-0.39, 0.29) is 29.7 Å². The Morgan fingerprint density at radius 1 is 1.23 bits per heavy atom. The lowest BCUT2D eigenvalue weighted by molar-refractivity contribution is -0.117. The lowest BCUT2D eigenvalue weighted by atomic mass is 10.1. The van der Waals surface area contributed by atoms with Gasteiger partial charge in [0.05, 0.1) is 5.69 Å². The molecule has 11 heteroatoms. The van der Waals surface area contributed by atoms with Crippen molar-refractivity contribution in [3.8, 4) is 23.3 Å². The van der Waals surface area contributed by atoms with E-state index in [1.807, 2.05) is 36.4 Å². The molecule has 0 aliphatic carbocycles. The van der Waals surface area contributed by atoms with Crippen molar-refractivity contribution in [2.75, 3.05) is 12.3 Å². The number of nitriles is 1. The lowest BCUT2D eigenvalue weighted by Gasteiger charge is -2.14. The minimum absolute atomic E-state index is 0.00505. The first-order valence-electron chi connectivity index (χ1n) is 12.7. The maximum Gasteiger partial charge on any atom is 0.335 e. The van der Waals surface area contributed by atoms with E-state index in [0.29, 0.717) is 28.4 Å². The van der Waals surface area contributed by atoms with Crippen LogP contribution in [0.1, 0.15) is 19.8 Å². The number of hydrogen-bond acceptors (Lipinski definition) is 8. The molecule has 2 aromatic heterocycles. The zero-order valence-corrected chi connectivity index (χ0v) is 21.4. The predicted octanol–water partition coefficient (Wildman–Crippen LogP) is 2.66. The van der Waals surface area contributed by atoms with Crippen molar-refractivity contribution in [3.63, 3.8) is 0 Å². The number of anilines is 1. The van der Waals surface area contributed by atoms with Crippen molar-refractivity contribution < 1.29 is 9.53 Å². The molecular formula is C28H28N8O3. The zero-order valence-electron chi connectivity index (χ0n) is 21.4. The van der Waals surface area contributed by atoms with Crippen LogP contribution in [0.4, 0.5) is 5.82 Å². The summed E-state index contributed by atoms with van der Waals surface area (Å²) in [6, 6.07) is 17.9. The number of nitrogen functional groups attached to an aromatic ring is 1. The summed E-state index contributed by atoms with van der Waals surface area (Å²) in [7, 11) is 0. The Morgan fingerprint density at radius 3 is 2.67 bits per heavy atom. The topological polar surface area (TPSA) is 153 Å². The summed E-state index contributed by atoms with van der Waals surface area (Å²) in [5.74, 6) is 0.965. The van der Waals surface area contributed by atoms with Crippen LogP contribution in [0.5, 0.6) is 11.5 Å². The Kier molecular flexibility index (Phi) is 7.38. The fourth-order valence-electron chi connectivity index (χ4n) is 4.63. The van der Waals surface area contributed by atoms with Gasteiger partial charge in [-0.1, -0.05) is 18.2 Å². The Morgan fingerprint density at radius 2 is 1.97 bits per heavy atom. The number of para-hydroxylation sites is 1. The molecule has 1 amide bonds. The van der Waals surface area contributed by atoms with Gasteiger partial charge in [-0.3, -0.25) is 13.9 Å².